The number of carbonyl (C=O) groups excluding carboxylic acids is 1. The minimum absolute atomic E-state index is 0.0567. The number of hydrogen-bond donors (Lipinski definition) is 1. The monoisotopic (exact) mass is 374 g/mol. The summed E-state index contributed by atoms with van der Waals surface area (Å²) in [6.45, 7) is 3.13. The molecule has 1 aromatic carbocycles. The van der Waals surface area contributed by atoms with E-state index in [4.69, 9.17) is 9.26 Å². The lowest BCUT2D eigenvalue weighted by atomic mass is 10.1. The first-order chi connectivity index (χ1) is 13.1. The molecule has 4 rings (SSSR count). The Morgan fingerprint density at radius 1 is 1.33 bits per heavy atom. The largest absolute Gasteiger partial charge is 0.368 e. The van der Waals surface area contributed by atoms with Gasteiger partial charge in [0, 0.05) is 30.3 Å². The highest BCUT2D eigenvalue weighted by Gasteiger charge is 2.29. The number of nitrogens with one attached hydrogen (secondary N) is 1. The Morgan fingerprint density at radius 3 is 2.85 bits per heavy atom. The Kier molecular flexibility index (Phi) is 5.07. The van der Waals surface area contributed by atoms with Crippen molar-refractivity contribution in [1.29, 1.82) is 0 Å². The van der Waals surface area contributed by atoms with Crippen molar-refractivity contribution < 1.29 is 18.4 Å². The van der Waals surface area contributed by atoms with Crippen LogP contribution in [0.2, 0.25) is 0 Å². The summed E-state index contributed by atoms with van der Waals surface area (Å²) in [6, 6.07) is 4.45. The fraction of sp³-hybridized carbons (Fsp3) is 0.526. The molecule has 0 unspecified atom stereocenters. The van der Waals surface area contributed by atoms with Gasteiger partial charge in [-0.2, -0.15) is 4.98 Å². The molecule has 0 spiro atoms. The zero-order chi connectivity index (χ0) is 18.8. The number of ether oxygens (including phenoxy) is 1. The fourth-order valence-corrected chi connectivity index (χ4v) is 3.19. The predicted octanol–water partition coefficient (Wildman–Crippen LogP) is 3.61. The van der Waals surface area contributed by atoms with Crippen LogP contribution < -0.4 is 5.32 Å². The van der Waals surface area contributed by atoms with E-state index in [1.165, 1.54) is 6.07 Å². The van der Waals surface area contributed by atoms with Crippen LogP contribution in [0.1, 0.15) is 48.9 Å². The predicted molar refractivity (Wildman–Crippen MR) is 95.8 cm³/mol. The molecular weight excluding hydrogens is 351 g/mol. The van der Waals surface area contributed by atoms with E-state index in [1.54, 1.807) is 24.0 Å². The summed E-state index contributed by atoms with van der Waals surface area (Å²) in [5.41, 5.74) is 0.940. The minimum Gasteiger partial charge on any atom is -0.368 e. The van der Waals surface area contributed by atoms with Crippen LogP contribution in [0.15, 0.2) is 22.7 Å². The Labute approximate surface area is 156 Å². The SMILES string of the molecule is Cc1c(F)cccc1NC(=O)N1CCC(OCc2nc(C3CC3)no2)CC1. The van der Waals surface area contributed by atoms with Gasteiger partial charge in [0.15, 0.2) is 5.82 Å². The number of likely N-dealkylation sites (tertiary alicyclic amines) is 1. The van der Waals surface area contributed by atoms with Crippen molar-refractivity contribution in [1.82, 2.24) is 15.0 Å². The molecule has 0 bridgehead atoms. The van der Waals surface area contributed by atoms with Gasteiger partial charge in [0.2, 0.25) is 0 Å². The summed E-state index contributed by atoms with van der Waals surface area (Å²) >= 11 is 0. The molecule has 0 atom stereocenters. The Bertz CT molecular complexity index is 813. The summed E-state index contributed by atoms with van der Waals surface area (Å²) in [4.78, 5) is 18.5. The Hall–Kier alpha value is -2.48. The number of hydrogen-bond acceptors (Lipinski definition) is 5. The lowest BCUT2D eigenvalue weighted by Gasteiger charge is -2.31. The molecule has 1 aromatic heterocycles. The molecule has 2 fully saturated rings. The summed E-state index contributed by atoms with van der Waals surface area (Å²) < 4.78 is 24.7. The van der Waals surface area contributed by atoms with Crippen LogP contribution in [-0.4, -0.2) is 40.3 Å². The number of urea groups is 1. The van der Waals surface area contributed by atoms with E-state index in [1.807, 2.05) is 0 Å². The van der Waals surface area contributed by atoms with Crippen LogP contribution in [0.3, 0.4) is 0 Å². The molecule has 1 saturated carbocycles. The van der Waals surface area contributed by atoms with Gasteiger partial charge >= 0.3 is 6.03 Å². The van der Waals surface area contributed by atoms with Gasteiger partial charge in [0.25, 0.3) is 5.89 Å². The van der Waals surface area contributed by atoms with Gasteiger partial charge < -0.3 is 19.5 Å². The van der Waals surface area contributed by atoms with E-state index < -0.39 is 0 Å². The summed E-state index contributed by atoms with van der Waals surface area (Å²) in [7, 11) is 0. The van der Waals surface area contributed by atoms with Crippen LogP contribution in [-0.2, 0) is 11.3 Å². The molecule has 0 radical (unpaired) electrons. The van der Waals surface area contributed by atoms with Crippen LogP contribution in [0.4, 0.5) is 14.9 Å². The number of nitrogens with zero attached hydrogens (tertiary/aromatic N) is 3. The van der Waals surface area contributed by atoms with Crippen molar-refractivity contribution in [3.05, 3.63) is 41.3 Å². The molecule has 2 amide bonds. The van der Waals surface area contributed by atoms with Crippen molar-refractivity contribution in [2.45, 2.75) is 51.2 Å². The lowest BCUT2D eigenvalue weighted by molar-refractivity contribution is -0.00532. The number of carbonyl (C=O) groups is 1. The molecule has 2 aliphatic rings. The molecule has 144 valence electrons. The lowest BCUT2D eigenvalue weighted by Crippen LogP contribution is -2.43. The second kappa shape index (κ2) is 7.64. The third-order valence-corrected chi connectivity index (χ3v) is 5.11. The maximum atomic E-state index is 13.6. The van der Waals surface area contributed by atoms with Crippen molar-refractivity contribution in [3.8, 4) is 0 Å². The van der Waals surface area contributed by atoms with Crippen molar-refractivity contribution in [3.63, 3.8) is 0 Å². The van der Waals surface area contributed by atoms with Gasteiger partial charge in [0.05, 0.1) is 6.10 Å². The molecule has 1 N–H and O–H groups in total. The standard InChI is InChI=1S/C19H23FN4O3/c1-12-15(20)3-2-4-16(12)21-19(25)24-9-7-14(8-10-24)26-11-17-22-18(23-27-17)13-5-6-13/h2-4,13-14H,5-11H2,1H3,(H,21,25). The number of piperidine rings is 1. The highest BCUT2D eigenvalue weighted by Crippen LogP contribution is 2.38. The Morgan fingerprint density at radius 2 is 2.11 bits per heavy atom. The van der Waals surface area contributed by atoms with Gasteiger partial charge in [-0.25, -0.2) is 9.18 Å². The second-order valence-electron chi connectivity index (χ2n) is 7.16. The summed E-state index contributed by atoms with van der Waals surface area (Å²) in [5.74, 6) is 1.43. The van der Waals surface area contributed by atoms with E-state index in [2.05, 4.69) is 15.5 Å². The topological polar surface area (TPSA) is 80.5 Å². The molecule has 1 aliphatic carbocycles. The van der Waals surface area contributed by atoms with E-state index in [0.29, 0.717) is 42.8 Å². The number of halogens is 1. The number of benzene rings is 1. The first kappa shape index (κ1) is 17.9. The average molecular weight is 374 g/mol. The van der Waals surface area contributed by atoms with E-state index >= 15 is 0 Å². The molecule has 8 heteroatoms. The quantitative estimate of drug-likeness (QED) is 0.865. The zero-order valence-electron chi connectivity index (χ0n) is 15.3. The third-order valence-electron chi connectivity index (χ3n) is 5.11. The summed E-state index contributed by atoms with van der Waals surface area (Å²) in [6.07, 6.45) is 3.80. The molecule has 1 aliphatic heterocycles. The van der Waals surface area contributed by atoms with Crippen molar-refractivity contribution in [2.24, 2.45) is 0 Å². The first-order valence-electron chi connectivity index (χ1n) is 9.35. The summed E-state index contributed by atoms with van der Waals surface area (Å²) in [5, 5.41) is 6.76. The minimum atomic E-state index is -0.328. The van der Waals surface area contributed by atoms with E-state index in [9.17, 15) is 9.18 Å². The zero-order valence-corrected chi connectivity index (χ0v) is 15.3. The van der Waals surface area contributed by atoms with Gasteiger partial charge in [-0.3, -0.25) is 0 Å². The smallest absolute Gasteiger partial charge is 0.321 e. The maximum Gasteiger partial charge on any atom is 0.321 e. The number of amides is 2. The third kappa shape index (κ3) is 4.27. The molecule has 1 saturated heterocycles. The second-order valence-corrected chi connectivity index (χ2v) is 7.16. The normalized spacial score (nSPS) is 17.9. The number of anilines is 1. The van der Waals surface area contributed by atoms with E-state index in [0.717, 1.165) is 31.5 Å². The van der Waals surface area contributed by atoms with Crippen LogP contribution in [0.25, 0.3) is 0 Å². The molecule has 27 heavy (non-hydrogen) atoms. The van der Waals surface area contributed by atoms with Gasteiger partial charge in [-0.15, -0.1) is 0 Å². The van der Waals surface area contributed by atoms with Gasteiger partial charge in [0.1, 0.15) is 12.4 Å². The fourth-order valence-electron chi connectivity index (χ4n) is 3.19. The van der Waals surface area contributed by atoms with Gasteiger partial charge in [-0.1, -0.05) is 11.2 Å². The first-order valence-corrected chi connectivity index (χ1v) is 9.35. The van der Waals surface area contributed by atoms with E-state index in [-0.39, 0.29) is 18.0 Å². The molecule has 2 heterocycles. The average Bonchev–Trinajstić information content (AvgIpc) is 3.42. The van der Waals surface area contributed by atoms with Crippen molar-refractivity contribution >= 4 is 11.7 Å². The molecule has 2 aromatic rings. The van der Waals surface area contributed by atoms with Crippen molar-refractivity contribution in [2.75, 3.05) is 18.4 Å². The highest BCUT2D eigenvalue weighted by atomic mass is 19.1. The maximum absolute atomic E-state index is 13.6. The van der Waals surface area contributed by atoms with Gasteiger partial charge in [-0.05, 0) is 44.7 Å². The Balaban J connectivity index is 1.23. The molecular formula is C19H23FN4O3. The highest BCUT2D eigenvalue weighted by molar-refractivity contribution is 5.90. The number of aromatic nitrogens is 2. The number of rotatable bonds is 5. The van der Waals surface area contributed by atoms with Crippen LogP contribution >= 0.6 is 0 Å². The van der Waals surface area contributed by atoms with Crippen LogP contribution in [0, 0.1) is 12.7 Å². The van der Waals surface area contributed by atoms with Crippen LogP contribution in [0.5, 0.6) is 0 Å². The molecule has 7 nitrogen and oxygen atoms in total.